The van der Waals surface area contributed by atoms with Crippen LogP contribution >= 0.6 is 11.3 Å². The molecule has 9 heteroatoms. The molecule has 0 spiro atoms. The minimum Gasteiger partial charge on any atom is -0.493 e. The molecule has 194 valence electrons. The number of amides is 1. The number of rotatable bonds is 9. The van der Waals surface area contributed by atoms with Crippen molar-refractivity contribution < 1.29 is 28.9 Å². The Hall–Kier alpha value is -3.43. The Balaban J connectivity index is 1.46. The third-order valence-corrected chi connectivity index (χ3v) is 7.78. The maximum Gasteiger partial charge on any atom is 0.326 e. The van der Waals surface area contributed by atoms with Gasteiger partial charge in [-0.25, -0.2) is 4.79 Å². The molecule has 2 atom stereocenters. The molecular weight excluding hydrogens is 492 g/mol. The Labute approximate surface area is 219 Å². The van der Waals surface area contributed by atoms with E-state index in [2.05, 4.69) is 4.98 Å². The van der Waals surface area contributed by atoms with Crippen LogP contribution in [0.5, 0.6) is 11.5 Å². The zero-order valence-corrected chi connectivity index (χ0v) is 21.5. The van der Waals surface area contributed by atoms with E-state index in [1.54, 1.807) is 24.9 Å². The van der Waals surface area contributed by atoms with Crippen molar-refractivity contribution in [2.45, 2.75) is 63.5 Å². The molecule has 0 saturated heterocycles. The Morgan fingerprint density at radius 1 is 1.16 bits per heavy atom. The molecule has 0 bridgehead atoms. The second kappa shape index (κ2) is 11.3. The molecule has 5 rings (SSSR count). The predicted octanol–water partition coefficient (Wildman–Crippen LogP) is 4.77. The number of fused-ring (bicyclic) bond motifs is 1. The second-order valence-corrected chi connectivity index (χ2v) is 10.3. The van der Waals surface area contributed by atoms with Crippen molar-refractivity contribution in [2.24, 2.45) is 0 Å². The van der Waals surface area contributed by atoms with Crippen LogP contribution in [0.2, 0.25) is 0 Å². The van der Waals surface area contributed by atoms with Gasteiger partial charge in [-0.1, -0.05) is 49.2 Å². The van der Waals surface area contributed by atoms with Gasteiger partial charge < -0.3 is 24.2 Å². The van der Waals surface area contributed by atoms with Gasteiger partial charge in [0.2, 0.25) is 0 Å². The van der Waals surface area contributed by atoms with Gasteiger partial charge in [-0.15, -0.1) is 11.3 Å². The van der Waals surface area contributed by atoms with Gasteiger partial charge in [0.05, 0.1) is 23.6 Å². The van der Waals surface area contributed by atoms with Gasteiger partial charge in [0, 0.05) is 24.7 Å². The van der Waals surface area contributed by atoms with E-state index in [4.69, 9.17) is 14.2 Å². The quantitative estimate of drug-likeness (QED) is 0.432. The maximum absolute atomic E-state index is 14.0. The first-order valence-electron chi connectivity index (χ1n) is 12.5. The van der Waals surface area contributed by atoms with Gasteiger partial charge in [0.25, 0.3) is 5.91 Å². The first kappa shape index (κ1) is 25.2. The molecule has 1 aliphatic heterocycles. The van der Waals surface area contributed by atoms with Crippen molar-refractivity contribution in [3.63, 3.8) is 0 Å². The molecule has 2 heterocycles. The Morgan fingerprint density at radius 2 is 1.95 bits per heavy atom. The highest BCUT2D eigenvalue weighted by Gasteiger charge is 2.41. The minimum absolute atomic E-state index is 0.00878. The third kappa shape index (κ3) is 5.47. The number of aliphatic carboxylic acids is 1. The van der Waals surface area contributed by atoms with E-state index in [1.807, 2.05) is 36.4 Å². The molecule has 3 aromatic rings. The smallest absolute Gasteiger partial charge is 0.326 e. The second-order valence-electron chi connectivity index (χ2n) is 9.35. The highest BCUT2D eigenvalue weighted by atomic mass is 32.1. The number of carbonyl (C=O) groups is 2. The molecule has 37 heavy (non-hydrogen) atoms. The van der Waals surface area contributed by atoms with Crippen LogP contribution in [0.15, 0.2) is 54.2 Å². The molecule has 1 saturated carbocycles. The topological polar surface area (TPSA) is 98.2 Å². The van der Waals surface area contributed by atoms with Crippen LogP contribution in [-0.4, -0.2) is 46.1 Å². The zero-order valence-electron chi connectivity index (χ0n) is 20.7. The summed E-state index contributed by atoms with van der Waals surface area (Å²) >= 11 is 1.48. The number of carbonyl (C=O) groups excluding carboxylic acids is 1. The number of nitrogens with zero attached hydrogens (tertiary/aromatic N) is 2. The first-order valence-corrected chi connectivity index (χ1v) is 13.4. The molecule has 1 aromatic heterocycles. The van der Waals surface area contributed by atoms with Crippen LogP contribution < -0.4 is 9.47 Å². The molecule has 2 unspecified atom stereocenters. The summed E-state index contributed by atoms with van der Waals surface area (Å²) in [5.41, 5.74) is 4.04. The van der Waals surface area contributed by atoms with Crippen LogP contribution in [0, 0.1) is 0 Å². The molecule has 1 aliphatic carbocycles. The van der Waals surface area contributed by atoms with Gasteiger partial charge in [-0.2, -0.15) is 0 Å². The van der Waals surface area contributed by atoms with Gasteiger partial charge in [0.1, 0.15) is 12.6 Å². The average molecular weight is 523 g/mol. The molecule has 1 amide bonds. The van der Waals surface area contributed by atoms with Crippen LogP contribution in [0.3, 0.4) is 0 Å². The first-order chi connectivity index (χ1) is 18.0. The van der Waals surface area contributed by atoms with Crippen molar-refractivity contribution in [2.75, 3.05) is 7.11 Å². The summed E-state index contributed by atoms with van der Waals surface area (Å²) in [6.45, 7) is 0.437. The lowest BCUT2D eigenvalue weighted by Gasteiger charge is -2.37. The van der Waals surface area contributed by atoms with Crippen molar-refractivity contribution in [1.29, 1.82) is 0 Å². The summed E-state index contributed by atoms with van der Waals surface area (Å²) in [6.07, 6.45) is 4.93. The fourth-order valence-electron chi connectivity index (χ4n) is 5.12. The third-order valence-electron chi connectivity index (χ3n) is 7.02. The lowest BCUT2D eigenvalue weighted by molar-refractivity contribution is -0.160. The van der Waals surface area contributed by atoms with Gasteiger partial charge in [0.15, 0.2) is 17.6 Å². The van der Waals surface area contributed by atoms with Crippen molar-refractivity contribution in [3.8, 4) is 11.5 Å². The molecular formula is C28H30N2O6S. The molecule has 0 radical (unpaired) electrons. The lowest BCUT2D eigenvalue weighted by Crippen LogP contribution is -2.50. The lowest BCUT2D eigenvalue weighted by atomic mass is 9.91. The van der Waals surface area contributed by atoms with E-state index >= 15 is 0 Å². The van der Waals surface area contributed by atoms with Crippen LogP contribution in [0.25, 0.3) is 0 Å². The van der Waals surface area contributed by atoms with Gasteiger partial charge >= 0.3 is 5.97 Å². The summed E-state index contributed by atoms with van der Waals surface area (Å²) in [7, 11) is 1.55. The zero-order chi connectivity index (χ0) is 25.8. The number of carboxylic acid groups (broad SMARTS) is 1. The van der Waals surface area contributed by atoms with Crippen LogP contribution in [0.4, 0.5) is 0 Å². The highest BCUT2D eigenvalue weighted by molar-refractivity contribution is 7.09. The molecule has 8 nitrogen and oxygen atoms in total. The largest absolute Gasteiger partial charge is 0.493 e. The normalized spacial score (nSPS) is 18.3. The summed E-state index contributed by atoms with van der Waals surface area (Å²) < 4.78 is 18.0. The number of benzene rings is 2. The standard InChI is InChI=1S/C28H30N2O6S/c1-34-24-12-11-19-15-30(23(28(32)33)13-22(19)26(24)35-16-21-14-29-17-37-21)27(31)25(18-7-3-2-4-8-18)36-20-9-5-6-10-20/h2-4,7-8,11-12,14,17,20,23,25H,5-6,9-10,13,15-16H2,1H3,(H,32,33). The van der Waals surface area contributed by atoms with E-state index in [9.17, 15) is 14.7 Å². The number of ether oxygens (including phenoxy) is 3. The van der Waals surface area contributed by atoms with Crippen LogP contribution in [-0.2, 0) is 33.9 Å². The Kier molecular flexibility index (Phi) is 7.71. The van der Waals surface area contributed by atoms with E-state index < -0.39 is 18.1 Å². The minimum atomic E-state index is -1.07. The van der Waals surface area contributed by atoms with Gasteiger partial charge in [-0.05, 0) is 30.0 Å². The van der Waals surface area contributed by atoms with Crippen molar-refractivity contribution >= 4 is 23.2 Å². The maximum atomic E-state index is 14.0. The fourth-order valence-corrected chi connectivity index (χ4v) is 5.62. The molecule has 1 fully saturated rings. The number of aromatic nitrogens is 1. The number of methoxy groups -OCH3 is 1. The van der Waals surface area contributed by atoms with Crippen molar-refractivity contribution in [1.82, 2.24) is 9.88 Å². The van der Waals surface area contributed by atoms with E-state index in [0.717, 1.165) is 47.3 Å². The average Bonchev–Trinajstić information content (AvgIpc) is 3.64. The van der Waals surface area contributed by atoms with E-state index in [1.165, 1.54) is 16.2 Å². The summed E-state index contributed by atoms with van der Waals surface area (Å²) in [5, 5.41) is 10.2. The number of hydrogen-bond donors (Lipinski definition) is 1. The Bertz CT molecular complexity index is 1230. The fraction of sp³-hybridized carbons (Fsp3) is 0.393. The summed E-state index contributed by atoms with van der Waals surface area (Å²) in [6, 6.07) is 12.0. The molecule has 1 N–H and O–H groups in total. The SMILES string of the molecule is COc1ccc2c(c1OCc1cncs1)CC(C(=O)O)N(C(=O)C(OC1CCCC1)c1ccccc1)C2. The summed E-state index contributed by atoms with van der Waals surface area (Å²) in [5.74, 6) is -0.366. The highest BCUT2D eigenvalue weighted by Crippen LogP contribution is 2.40. The van der Waals surface area contributed by atoms with Crippen LogP contribution in [0.1, 0.15) is 53.4 Å². The molecule has 2 aromatic carbocycles. The van der Waals surface area contributed by atoms with E-state index in [-0.39, 0.29) is 25.0 Å². The van der Waals surface area contributed by atoms with E-state index in [0.29, 0.717) is 18.1 Å². The monoisotopic (exact) mass is 522 g/mol. The Morgan fingerprint density at radius 3 is 2.62 bits per heavy atom. The number of thiazole rings is 1. The number of hydrogen-bond acceptors (Lipinski definition) is 7. The summed E-state index contributed by atoms with van der Waals surface area (Å²) in [4.78, 5) is 32.9. The van der Waals surface area contributed by atoms with Gasteiger partial charge in [-0.3, -0.25) is 9.78 Å². The molecule has 2 aliphatic rings. The van der Waals surface area contributed by atoms with Crippen molar-refractivity contribution in [3.05, 3.63) is 75.7 Å². The predicted molar refractivity (Wildman–Crippen MR) is 138 cm³/mol. The number of carboxylic acids is 1.